The largest absolute Gasteiger partial charge is 0.459 e. The van der Waals surface area contributed by atoms with E-state index < -0.39 is 5.91 Å². The molecule has 2 amide bonds. The first-order chi connectivity index (χ1) is 11.0. The molecule has 0 aliphatic heterocycles. The summed E-state index contributed by atoms with van der Waals surface area (Å²) in [5, 5.41) is 7.26. The molecule has 1 aromatic heterocycles. The molecule has 0 saturated carbocycles. The van der Waals surface area contributed by atoms with Gasteiger partial charge in [-0.05, 0) is 49.7 Å². The number of aryl methyl sites for hydroxylation is 1. The van der Waals surface area contributed by atoms with Gasteiger partial charge in [-0.2, -0.15) is 5.10 Å². The second kappa shape index (κ2) is 7.60. The van der Waals surface area contributed by atoms with Gasteiger partial charge in [0.1, 0.15) is 0 Å². The number of hydrogen-bond donors (Lipinski definition) is 2. The maximum atomic E-state index is 12.0. The number of furan rings is 1. The molecule has 1 aromatic carbocycles. The number of amides is 2. The molecule has 0 aliphatic carbocycles. The molecule has 23 heavy (non-hydrogen) atoms. The molecular weight excluding hydrogens is 318 g/mol. The van der Waals surface area contributed by atoms with Gasteiger partial charge in [0, 0.05) is 16.4 Å². The zero-order valence-electron chi connectivity index (χ0n) is 12.7. The predicted octanol–water partition coefficient (Wildman–Crippen LogP) is 3.38. The molecule has 1 heterocycles. The SMILES string of the molecule is C/C(CC(=O)Nc1ccc(Cl)cc1C)=N/NC(=O)c1ccco1. The second-order valence-corrected chi connectivity index (χ2v) is 5.39. The van der Waals surface area contributed by atoms with Crippen LogP contribution in [0.4, 0.5) is 5.69 Å². The van der Waals surface area contributed by atoms with Crippen LogP contribution in [0.5, 0.6) is 0 Å². The number of rotatable bonds is 5. The number of anilines is 1. The van der Waals surface area contributed by atoms with E-state index in [4.69, 9.17) is 16.0 Å². The number of hydrogen-bond acceptors (Lipinski definition) is 4. The van der Waals surface area contributed by atoms with Gasteiger partial charge in [0.2, 0.25) is 5.91 Å². The van der Waals surface area contributed by atoms with Crippen molar-refractivity contribution < 1.29 is 14.0 Å². The van der Waals surface area contributed by atoms with Crippen molar-refractivity contribution in [1.29, 1.82) is 0 Å². The molecule has 7 heteroatoms. The van der Waals surface area contributed by atoms with Crippen molar-refractivity contribution in [2.24, 2.45) is 5.10 Å². The van der Waals surface area contributed by atoms with Crippen LogP contribution in [0.1, 0.15) is 29.5 Å². The maximum absolute atomic E-state index is 12.0. The fourth-order valence-corrected chi connectivity index (χ4v) is 2.07. The number of carbonyl (C=O) groups excluding carboxylic acids is 2. The summed E-state index contributed by atoms with van der Waals surface area (Å²) in [4.78, 5) is 23.6. The van der Waals surface area contributed by atoms with Crippen molar-refractivity contribution in [3.63, 3.8) is 0 Å². The Bertz CT molecular complexity index is 739. The number of hydrazone groups is 1. The molecule has 0 radical (unpaired) electrons. The number of halogens is 1. The maximum Gasteiger partial charge on any atom is 0.307 e. The summed E-state index contributed by atoms with van der Waals surface area (Å²) in [5.41, 5.74) is 4.35. The predicted molar refractivity (Wildman–Crippen MR) is 88.7 cm³/mol. The van der Waals surface area contributed by atoms with Gasteiger partial charge in [0.05, 0.1) is 12.7 Å². The zero-order valence-corrected chi connectivity index (χ0v) is 13.5. The van der Waals surface area contributed by atoms with Crippen LogP contribution in [0.3, 0.4) is 0 Å². The smallest absolute Gasteiger partial charge is 0.307 e. The molecule has 0 fully saturated rings. The Morgan fingerprint density at radius 2 is 2.09 bits per heavy atom. The van der Waals surface area contributed by atoms with Gasteiger partial charge < -0.3 is 9.73 Å². The monoisotopic (exact) mass is 333 g/mol. The van der Waals surface area contributed by atoms with Crippen molar-refractivity contribution in [2.75, 3.05) is 5.32 Å². The van der Waals surface area contributed by atoms with Gasteiger partial charge in [-0.25, -0.2) is 5.43 Å². The highest BCUT2D eigenvalue weighted by atomic mass is 35.5. The lowest BCUT2D eigenvalue weighted by molar-refractivity contribution is -0.115. The van der Waals surface area contributed by atoms with Crippen molar-refractivity contribution in [3.05, 3.63) is 52.9 Å². The first kappa shape index (κ1) is 16.8. The summed E-state index contributed by atoms with van der Waals surface area (Å²) < 4.78 is 4.94. The number of benzene rings is 1. The fourth-order valence-electron chi connectivity index (χ4n) is 1.84. The molecule has 2 N–H and O–H groups in total. The summed E-state index contributed by atoms with van der Waals surface area (Å²) in [6, 6.07) is 8.33. The van der Waals surface area contributed by atoms with Gasteiger partial charge in [-0.3, -0.25) is 9.59 Å². The highest BCUT2D eigenvalue weighted by molar-refractivity contribution is 6.30. The van der Waals surface area contributed by atoms with E-state index in [9.17, 15) is 9.59 Å². The quantitative estimate of drug-likeness (QED) is 0.650. The van der Waals surface area contributed by atoms with Crippen LogP contribution < -0.4 is 10.7 Å². The van der Waals surface area contributed by atoms with Crippen LogP contribution in [-0.4, -0.2) is 17.5 Å². The van der Waals surface area contributed by atoms with Gasteiger partial charge in [0.15, 0.2) is 5.76 Å². The first-order valence-corrected chi connectivity index (χ1v) is 7.26. The van der Waals surface area contributed by atoms with E-state index in [1.807, 2.05) is 6.92 Å². The molecule has 120 valence electrons. The molecule has 6 nitrogen and oxygen atoms in total. The molecule has 0 bridgehead atoms. The van der Waals surface area contributed by atoms with Crippen molar-refractivity contribution in [2.45, 2.75) is 20.3 Å². The zero-order chi connectivity index (χ0) is 16.8. The van der Waals surface area contributed by atoms with E-state index in [0.717, 1.165) is 5.56 Å². The van der Waals surface area contributed by atoms with Crippen molar-refractivity contribution in [1.82, 2.24) is 5.43 Å². The minimum atomic E-state index is -0.469. The Balaban J connectivity index is 1.89. The Labute approximate surface area is 138 Å². The Kier molecular flexibility index (Phi) is 5.54. The van der Waals surface area contributed by atoms with Crippen LogP contribution in [0, 0.1) is 6.92 Å². The summed E-state index contributed by atoms with van der Waals surface area (Å²) in [5.74, 6) is -0.546. The van der Waals surface area contributed by atoms with Crippen molar-refractivity contribution >= 4 is 34.8 Å². The molecule has 0 saturated heterocycles. The average Bonchev–Trinajstić information content (AvgIpc) is 3.02. The lowest BCUT2D eigenvalue weighted by Crippen LogP contribution is -2.21. The Morgan fingerprint density at radius 3 is 2.74 bits per heavy atom. The van der Waals surface area contributed by atoms with Gasteiger partial charge in [0.25, 0.3) is 0 Å². The lowest BCUT2D eigenvalue weighted by Gasteiger charge is -2.08. The van der Waals surface area contributed by atoms with Gasteiger partial charge in [-0.1, -0.05) is 11.6 Å². The highest BCUT2D eigenvalue weighted by Gasteiger charge is 2.09. The average molecular weight is 334 g/mol. The minimum absolute atomic E-state index is 0.0561. The first-order valence-electron chi connectivity index (χ1n) is 6.88. The lowest BCUT2D eigenvalue weighted by atomic mass is 10.2. The number of carbonyl (C=O) groups is 2. The van der Waals surface area contributed by atoms with Crippen LogP contribution in [0.25, 0.3) is 0 Å². The molecule has 0 spiro atoms. The standard InChI is InChI=1S/C16H16ClN3O3/c1-10-8-12(17)5-6-13(10)18-15(21)9-11(2)19-20-16(22)14-4-3-7-23-14/h3-8H,9H2,1-2H3,(H,18,21)(H,20,22)/b19-11-. The highest BCUT2D eigenvalue weighted by Crippen LogP contribution is 2.19. The molecule has 2 rings (SSSR count). The van der Waals surface area contributed by atoms with E-state index in [2.05, 4.69) is 15.8 Å². The third-order valence-electron chi connectivity index (χ3n) is 2.97. The van der Waals surface area contributed by atoms with E-state index in [1.54, 1.807) is 31.2 Å². The molecule has 0 aliphatic rings. The van der Waals surface area contributed by atoms with Crippen LogP contribution in [-0.2, 0) is 4.79 Å². The van der Waals surface area contributed by atoms with Gasteiger partial charge in [-0.15, -0.1) is 0 Å². The van der Waals surface area contributed by atoms with Crippen molar-refractivity contribution in [3.8, 4) is 0 Å². The van der Waals surface area contributed by atoms with E-state index in [1.165, 1.54) is 12.3 Å². The Morgan fingerprint density at radius 1 is 1.30 bits per heavy atom. The topological polar surface area (TPSA) is 83.7 Å². The summed E-state index contributed by atoms with van der Waals surface area (Å²) in [6.07, 6.45) is 1.45. The van der Waals surface area contributed by atoms with E-state index in [0.29, 0.717) is 16.4 Å². The summed E-state index contributed by atoms with van der Waals surface area (Å²) in [6.45, 7) is 3.50. The number of nitrogens with zero attached hydrogens (tertiary/aromatic N) is 1. The summed E-state index contributed by atoms with van der Waals surface area (Å²) >= 11 is 5.87. The van der Waals surface area contributed by atoms with Crippen LogP contribution in [0.15, 0.2) is 46.1 Å². The van der Waals surface area contributed by atoms with E-state index in [-0.39, 0.29) is 18.1 Å². The third-order valence-corrected chi connectivity index (χ3v) is 3.21. The van der Waals surface area contributed by atoms with Crippen LogP contribution >= 0.6 is 11.6 Å². The van der Waals surface area contributed by atoms with Crippen LogP contribution in [0.2, 0.25) is 5.02 Å². The number of nitrogens with one attached hydrogen (secondary N) is 2. The van der Waals surface area contributed by atoms with Gasteiger partial charge >= 0.3 is 5.91 Å². The molecular formula is C16H16ClN3O3. The molecule has 2 aromatic rings. The molecule has 0 unspecified atom stereocenters. The Hall–Kier alpha value is -2.60. The fraction of sp³-hybridized carbons (Fsp3) is 0.188. The molecule has 0 atom stereocenters. The van der Waals surface area contributed by atoms with E-state index >= 15 is 0 Å². The minimum Gasteiger partial charge on any atom is -0.459 e. The summed E-state index contributed by atoms with van der Waals surface area (Å²) in [7, 11) is 0. The third kappa shape index (κ3) is 4.96. The normalized spacial score (nSPS) is 11.2. The second-order valence-electron chi connectivity index (χ2n) is 4.95.